The summed E-state index contributed by atoms with van der Waals surface area (Å²) >= 11 is 0. The first kappa shape index (κ1) is 29.4. The summed E-state index contributed by atoms with van der Waals surface area (Å²) in [6.45, 7) is 3.66. The predicted octanol–water partition coefficient (Wildman–Crippen LogP) is 6.43. The maximum Gasteiger partial charge on any atom is 0.573 e. The summed E-state index contributed by atoms with van der Waals surface area (Å²) in [5.74, 6) is -2.66. The summed E-state index contributed by atoms with van der Waals surface area (Å²) in [6, 6.07) is 8.81. The van der Waals surface area contributed by atoms with Gasteiger partial charge < -0.3 is 23.4 Å². The van der Waals surface area contributed by atoms with Crippen LogP contribution in [0.4, 0.5) is 26.3 Å². The van der Waals surface area contributed by atoms with Crippen LogP contribution in [0.15, 0.2) is 63.8 Å². The third-order valence-corrected chi connectivity index (χ3v) is 5.22. The van der Waals surface area contributed by atoms with Gasteiger partial charge in [0.05, 0.1) is 32.3 Å². The average Bonchev–Trinajstić information content (AvgIpc) is 2.83. The van der Waals surface area contributed by atoms with Crippen molar-refractivity contribution in [3.8, 4) is 28.4 Å². The Morgan fingerprint density at radius 2 is 1.67 bits per heavy atom. The Morgan fingerprint density at radius 1 is 0.974 bits per heavy atom. The van der Waals surface area contributed by atoms with Gasteiger partial charge in [0.15, 0.2) is 0 Å². The molecule has 0 aliphatic heterocycles. The fourth-order valence-electron chi connectivity index (χ4n) is 3.45. The molecule has 3 rings (SSSR count). The Morgan fingerprint density at radius 3 is 2.28 bits per heavy atom. The maximum absolute atomic E-state index is 13.0. The van der Waals surface area contributed by atoms with Crippen molar-refractivity contribution in [2.24, 2.45) is 5.92 Å². The van der Waals surface area contributed by atoms with Crippen molar-refractivity contribution in [3.63, 3.8) is 0 Å². The van der Waals surface area contributed by atoms with Gasteiger partial charge in [-0.2, -0.15) is 13.2 Å². The van der Waals surface area contributed by atoms with E-state index in [9.17, 15) is 35.9 Å². The number of hydrogen-bond acceptors (Lipinski definition) is 7. The molecule has 39 heavy (non-hydrogen) atoms. The monoisotopic (exact) mass is 560 g/mol. The van der Waals surface area contributed by atoms with Crippen molar-refractivity contribution < 1.29 is 54.5 Å². The number of alkyl halides is 6. The quantitative estimate of drug-likeness (QED) is 0.122. The lowest BCUT2D eigenvalue weighted by Gasteiger charge is -2.19. The van der Waals surface area contributed by atoms with E-state index in [1.165, 1.54) is 50.4 Å². The zero-order chi connectivity index (χ0) is 29.0. The molecule has 1 atom stereocenters. The summed E-state index contributed by atoms with van der Waals surface area (Å²) in [5, 5.41) is 0.285. The van der Waals surface area contributed by atoms with Gasteiger partial charge in [0.25, 0.3) is 0 Å². The van der Waals surface area contributed by atoms with Crippen LogP contribution in [0.1, 0.15) is 13.3 Å². The minimum Gasteiger partial charge on any atom is -0.497 e. The normalized spacial score (nSPS) is 12.6. The summed E-state index contributed by atoms with van der Waals surface area (Å²) in [7, 11) is 1.25. The molecule has 210 valence electrons. The van der Waals surface area contributed by atoms with E-state index in [-0.39, 0.29) is 39.2 Å². The van der Waals surface area contributed by atoms with Crippen LogP contribution in [-0.4, -0.2) is 38.8 Å². The standard InChI is InChI=1S/C26H22F6O7/c1-14(2)23(33)37-13-15(11-25(27,28)29)12-36-18-5-4-16-8-20(24(34)38-21(16)10-18)19-7-6-17(35-3)9-22(19)39-26(30,31)32/h4-10,15H,1,11-13H2,2-3H3. The van der Waals surface area contributed by atoms with Gasteiger partial charge >= 0.3 is 24.1 Å². The van der Waals surface area contributed by atoms with Crippen LogP contribution in [-0.2, 0) is 9.53 Å². The SMILES string of the molecule is C=C(C)C(=O)OCC(COc1ccc2cc(-c3ccc(OC)cc3OC(F)(F)F)c(=O)oc2c1)CC(F)(F)F. The maximum atomic E-state index is 13.0. The smallest absolute Gasteiger partial charge is 0.497 e. The summed E-state index contributed by atoms with van der Waals surface area (Å²) in [4.78, 5) is 24.2. The van der Waals surface area contributed by atoms with Crippen molar-refractivity contribution in [3.05, 3.63) is 65.0 Å². The van der Waals surface area contributed by atoms with E-state index in [4.69, 9.17) is 18.6 Å². The highest BCUT2D eigenvalue weighted by Crippen LogP contribution is 2.36. The predicted molar refractivity (Wildman–Crippen MR) is 127 cm³/mol. The molecular formula is C26H22F6O7. The Hall–Kier alpha value is -4.16. The number of fused-ring (bicyclic) bond motifs is 1. The molecule has 2 aromatic carbocycles. The molecule has 1 unspecified atom stereocenters. The van der Waals surface area contributed by atoms with Gasteiger partial charge in [0.2, 0.25) is 0 Å². The van der Waals surface area contributed by atoms with E-state index >= 15 is 0 Å². The topological polar surface area (TPSA) is 84.2 Å². The molecule has 0 saturated heterocycles. The van der Waals surface area contributed by atoms with E-state index in [2.05, 4.69) is 11.3 Å². The number of carbonyl (C=O) groups excluding carboxylic acids is 1. The third-order valence-electron chi connectivity index (χ3n) is 5.22. The Labute approximate surface area is 217 Å². The Kier molecular flexibility index (Phi) is 8.82. The van der Waals surface area contributed by atoms with Crippen LogP contribution in [0.5, 0.6) is 17.2 Å². The van der Waals surface area contributed by atoms with E-state index in [1.54, 1.807) is 0 Å². The second-order valence-electron chi connectivity index (χ2n) is 8.43. The van der Waals surface area contributed by atoms with E-state index in [0.29, 0.717) is 0 Å². The van der Waals surface area contributed by atoms with Crippen molar-refractivity contribution in [2.45, 2.75) is 25.9 Å². The van der Waals surface area contributed by atoms with Crippen LogP contribution < -0.4 is 19.8 Å². The summed E-state index contributed by atoms with van der Waals surface area (Å²) < 4.78 is 102. The molecule has 3 aromatic rings. The molecule has 1 heterocycles. The van der Waals surface area contributed by atoms with Gasteiger partial charge in [-0.1, -0.05) is 6.58 Å². The first-order valence-electron chi connectivity index (χ1n) is 11.2. The highest BCUT2D eigenvalue weighted by Gasteiger charge is 2.34. The van der Waals surface area contributed by atoms with Gasteiger partial charge in [0.1, 0.15) is 22.8 Å². The molecule has 0 aliphatic carbocycles. The van der Waals surface area contributed by atoms with Gasteiger partial charge in [-0.25, -0.2) is 9.59 Å². The highest BCUT2D eigenvalue weighted by atomic mass is 19.4. The van der Waals surface area contributed by atoms with Gasteiger partial charge in [-0.3, -0.25) is 0 Å². The zero-order valence-corrected chi connectivity index (χ0v) is 20.6. The summed E-state index contributed by atoms with van der Waals surface area (Å²) in [5.41, 5.74) is -1.45. The zero-order valence-electron chi connectivity index (χ0n) is 20.6. The summed E-state index contributed by atoms with van der Waals surface area (Å²) in [6.07, 6.45) is -10.9. The van der Waals surface area contributed by atoms with Crippen LogP contribution in [0, 0.1) is 5.92 Å². The second-order valence-corrected chi connectivity index (χ2v) is 8.43. The van der Waals surface area contributed by atoms with Crippen molar-refractivity contribution in [2.75, 3.05) is 20.3 Å². The fraction of sp³-hybridized carbons (Fsp3) is 0.308. The number of benzene rings is 2. The lowest BCUT2D eigenvalue weighted by atomic mass is 10.0. The molecular weight excluding hydrogens is 538 g/mol. The number of carbonyl (C=O) groups is 1. The molecule has 0 spiro atoms. The minimum atomic E-state index is -5.04. The van der Waals surface area contributed by atoms with Gasteiger partial charge in [-0.05, 0) is 37.3 Å². The number of rotatable bonds is 10. The fourth-order valence-corrected chi connectivity index (χ4v) is 3.45. The Bertz CT molecular complexity index is 1410. The minimum absolute atomic E-state index is 0.0253. The average molecular weight is 560 g/mol. The first-order chi connectivity index (χ1) is 18.1. The van der Waals surface area contributed by atoms with Crippen LogP contribution in [0.3, 0.4) is 0 Å². The highest BCUT2D eigenvalue weighted by molar-refractivity contribution is 5.87. The Balaban J connectivity index is 1.86. The third kappa shape index (κ3) is 8.42. The molecule has 1 aromatic heterocycles. The van der Waals surface area contributed by atoms with Gasteiger partial charge in [-0.15, -0.1) is 13.2 Å². The van der Waals surface area contributed by atoms with E-state index in [1.807, 2.05) is 0 Å². The molecule has 0 radical (unpaired) electrons. The largest absolute Gasteiger partial charge is 0.573 e. The van der Waals surface area contributed by atoms with Gasteiger partial charge in [0, 0.05) is 34.6 Å². The van der Waals surface area contributed by atoms with Crippen molar-refractivity contribution >= 4 is 16.9 Å². The molecule has 7 nitrogen and oxygen atoms in total. The molecule has 13 heteroatoms. The number of esters is 1. The molecule has 0 saturated carbocycles. The van der Waals surface area contributed by atoms with Crippen LogP contribution >= 0.6 is 0 Å². The number of halogens is 6. The lowest BCUT2D eigenvalue weighted by Crippen LogP contribution is -2.26. The van der Waals surface area contributed by atoms with Crippen LogP contribution in [0.2, 0.25) is 0 Å². The second kappa shape index (κ2) is 11.7. The number of methoxy groups -OCH3 is 1. The van der Waals surface area contributed by atoms with Crippen LogP contribution in [0.25, 0.3) is 22.1 Å². The molecule has 0 amide bonds. The molecule has 0 N–H and O–H groups in total. The first-order valence-corrected chi connectivity index (χ1v) is 11.2. The number of ether oxygens (including phenoxy) is 4. The molecule has 0 bridgehead atoms. The molecule has 0 aliphatic rings. The van der Waals surface area contributed by atoms with E-state index < -0.39 is 55.4 Å². The lowest BCUT2D eigenvalue weighted by molar-refractivity contribution is -0.274. The molecule has 0 fully saturated rings. The van der Waals surface area contributed by atoms with E-state index in [0.717, 1.165) is 6.07 Å². The van der Waals surface area contributed by atoms with Crippen molar-refractivity contribution in [1.29, 1.82) is 0 Å². The number of hydrogen-bond donors (Lipinski definition) is 0. The van der Waals surface area contributed by atoms with Crippen molar-refractivity contribution in [1.82, 2.24) is 0 Å².